The average Bonchev–Trinajstić information content (AvgIpc) is 2.97. The molecule has 22 heavy (non-hydrogen) atoms. The molecule has 1 fully saturated rings. The van der Waals surface area contributed by atoms with E-state index in [0.29, 0.717) is 29.9 Å². The van der Waals surface area contributed by atoms with Crippen molar-refractivity contribution in [2.45, 2.75) is 18.2 Å². The number of aromatic nitrogens is 1. The highest BCUT2D eigenvalue weighted by molar-refractivity contribution is 7.89. The Morgan fingerprint density at radius 1 is 1.36 bits per heavy atom. The van der Waals surface area contributed by atoms with Crippen LogP contribution in [0.3, 0.4) is 0 Å². The third-order valence-electron chi connectivity index (χ3n) is 4.13. The number of sulfonamides is 1. The lowest BCUT2D eigenvalue weighted by Gasteiger charge is -2.18. The monoisotopic (exact) mass is 341 g/mol. The number of aryl methyl sites for hydroxylation is 1. The topological polar surface area (TPSA) is 76.3 Å². The third kappa shape index (κ3) is 2.84. The minimum atomic E-state index is -3.49. The van der Waals surface area contributed by atoms with Crippen LogP contribution in [0.15, 0.2) is 35.4 Å². The van der Waals surface area contributed by atoms with Gasteiger partial charge in [-0.25, -0.2) is 8.42 Å². The Morgan fingerprint density at radius 3 is 2.82 bits per heavy atom. The van der Waals surface area contributed by atoms with Crippen LogP contribution in [-0.4, -0.2) is 37.3 Å². The van der Waals surface area contributed by atoms with Crippen LogP contribution in [-0.2, 0) is 10.0 Å². The highest BCUT2D eigenvalue weighted by Crippen LogP contribution is 2.29. The van der Waals surface area contributed by atoms with Gasteiger partial charge < -0.3 is 5.73 Å². The Morgan fingerprint density at radius 2 is 2.14 bits per heavy atom. The molecule has 120 valence electrons. The van der Waals surface area contributed by atoms with Crippen molar-refractivity contribution in [3.8, 4) is 0 Å². The predicted molar refractivity (Wildman–Crippen MR) is 89.6 cm³/mol. The van der Waals surface area contributed by atoms with Gasteiger partial charge in [0.05, 0.1) is 10.4 Å². The second-order valence-electron chi connectivity index (χ2n) is 5.53. The van der Waals surface area contributed by atoms with Crippen molar-refractivity contribution in [3.63, 3.8) is 0 Å². The first-order chi connectivity index (χ1) is 10.0. The van der Waals surface area contributed by atoms with Crippen molar-refractivity contribution in [2.24, 2.45) is 11.7 Å². The normalized spacial score (nSPS) is 19.3. The maximum absolute atomic E-state index is 12.9. The standard InChI is InChI=1S/C15H19N3O2S.ClH/c1-11-4-5-14(13-3-2-7-17-15(11)13)21(19,20)18-8-6-12(9-16)10-18;/h2-5,7,12H,6,8-10,16H2,1H3;1H. The van der Waals surface area contributed by atoms with Crippen LogP contribution in [0.1, 0.15) is 12.0 Å². The second-order valence-corrected chi connectivity index (χ2v) is 7.44. The van der Waals surface area contributed by atoms with Crippen LogP contribution in [0.2, 0.25) is 0 Å². The molecule has 1 aromatic carbocycles. The average molecular weight is 342 g/mol. The summed E-state index contributed by atoms with van der Waals surface area (Å²) in [6.45, 7) is 3.52. The van der Waals surface area contributed by atoms with E-state index in [2.05, 4.69) is 4.98 Å². The Balaban J connectivity index is 0.00000176. The van der Waals surface area contributed by atoms with Gasteiger partial charge in [-0.3, -0.25) is 4.98 Å². The molecule has 0 aliphatic carbocycles. The van der Waals surface area contributed by atoms with E-state index >= 15 is 0 Å². The molecule has 0 bridgehead atoms. The molecule has 3 rings (SSSR count). The smallest absolute Gasteiger partial charge is 0.243 e. The fraction of sp³-hybridized carbons (Fsp3) is 0.400. The molecule has 1 atom stereocenters. The van der Waals surface area contributed by atoms with Crippen molar-refractivity contribution in [1.82, 2.24) is 9.29 Å². The van der Waals surface area contributed by atoms with Crippen LogP contribution in [0, 0.1) is 12.8 Å². The predicted octanol–water partition coefficient (Wildman–Crippen LogP) is 1.93. The molecule has 2 N–H and O–H groups in total. The number of halogens is 1. The Hall–Kier alpha value is -1.21. The van der Waals surface area contributed by atoms with Crippen LogP contribution < -0.4 is 5.73 Å². The summed E-state index contributed by atoms with van der Waals surface area (Å²) in [5.41, 5.74) is 7.38. The van der Waals surface area contributed by atoms with E-state index in [0.717, 1.165) is 17.5 Å². The number of nitrogens with zero attached hydrogens (tertiary/aromatic N) is 2. The molecule has 1 aliphatic rings. The van der Waals surface area contributed by atoms with E-state index in [-0.39, 0.29) is 18.3 Å². The minimum Gasteiger partial charge on any atom is -0.330 e. The summed E-state index contributed by atoms with van der Waals surface area (Å²) in [5, 5.41) is 0.689. The lowest BCUT2D eigenvalue weighted by atomic mass is 10.1. The van der Waals surface area contributed by atoms with Gasteiger partial charge in [-0.15, -0.1) is 12.4 Å². The minimum absolute atomic E-state index is 0. The van der Waals surface area contributed by atoms with E-state index in [1.54, 1.807) is 22.6 Å². The zero-order valence-electron chi connectivity index (χ0n) is 12.4. The Labute approximate surface area is 137 Å². The van der Waals surface area contributed by atoms with Crippen molar-refractivity contribution >= 4 is 33.3 Å². The highest BCUT2D eigenvalue weighted by atomic mass is 35.5. The molecule has 0 radical (unpaired) electrons. The summed E-state index contributed by atoms with van der Waals surface area (Å²) < 4.78 is 27.3. The highest BCUT2D eigenvalue weighted by Gasteiger charge is 2.33. The van der Waals surface area contributed by atoms with Gasteiger partial charge >= 0.3 is 0 Å². The molecule has 5 nitrogen and oxygen atoms in total. The molecule has 2 aromatic rings. The number of hydrogen-bond acceptors (Lipinski definition) is 4. The van der Waals surface area contributed by atoms with Gasteiger partial charge in [0.25, 0.3) is 0 Å². The van der Waals surface area contributed by atoms with Crippen molar-refractivity contribution in [1.29, 1.82) is 0 Å². The molecule has 0 spiro atoms. The van der Waals surface area contributed by atoms with Gasteiger partial charge in [-0.2, -0.15) is 4.31 Å². The maximum Gasteiger partial charge on any atom is 0.243 e. The zero-order valence-corrected chi connectivity index (χ0v) is 14.0. The molecule has 2 heterocycles. The van der Waals surface area contributed by atoms with Crippen molar-refractivity contribution < 1.29 is 8.42 Å². The largest absolute Gasteiger partial charge is 0.330 e. The van der Waals surface area contributed by atoms with Gasteiger partial charge in [-0.1, -0.05) is 6.07 Å². The fourth-order valence-corrected chi connectivity index (χ4v) is 4.57. The third-order valence-corrected chi connectivity index (χ3v) is 6.05. The number of rotatable bonds is 3. The molecule has 0 saturated carbocycles. The van der Waals surface area contributed by atoms with E-state index in [9.17, 15) is 8.42 Å². The number of benzene rings is 1. The first-order valence-electron chi connectivity index (χ1n) is 7.08. The summed E-state index contributed by atoms with van der Waals surface area (Å²) in [6, 6.07) is 7.09. The second kappa shape index (κ2) is 6.50. The van der Waals surface area contributed by atoms with Gasteiger partial charge in [-0.05, 0) is 49.6 Å². The number of nitrogens with two attached hydrogens (primary N) is 1. The van der Waals surface area contributed by atoms with Gasteiger partial charge in [0, 0.05) is 24.7 Å². The molecule has 7 heteroatoms. The number of hydrogen-bond donors (Lipinski definition) is 1. The van der Waals surface area contributed by atoms with Crippen LogP contribution in [0.4, 0.5) is 0 Å². The van der Waals surface area contributed by atoms with Crippen LogP contribution in [0.25, 0.3) is 10.9 Å². The van der Waals surface area contributed by atoms with Crippen LogP contribution >= 0.6 is 12.4 Å². The van der Waals surface area contributed by atoms with Crippen molar-refractivity contribution in [3.05, 3.63) is 36.0 Å². The SMILES string of the molecule is Cc1ccc(S(=O)(=O)N2CCC(CN)C2)c2cccnc12.Cl. The zero-order chi connectivity index (χ0) is 15.0. The summed E-state index contributed by atoms with van der Waals surface area (Å²) in [7, 11) is -3.49. The molecule has 0 amide bonds. The lowest BCUT2D eigenvalue weighted by Crippen LogP contribution is -2.30. The fourth-order valence-electron chi connectivity index (χ4n) is 2.86. The summed E-state index contributed by atoms with van der Waals surface area (Å²) in [5.74, 6) is 0.259. The quantitative estimate of drug-likeness (QED) is 0.925. The van der Waals surface area contributed by atoms with E-state index < -0.39 is 10.0 Å². The first-order valence-corrected chi connectivity index (χ1v) is 8.52. The molecule has 1 unspecified atom stereocenters. The Bertz CT molecular complexity index is 779. The van der Waals surface area contributed by atoms with E-state index in [4.69, 9.17) is 5.73 Å². The summed E-state index contributed by atoms with van der Waals surface area (Å²) in [6.07, 6.45) is 2.52. The molecule has 1 aliphatic heterocycles. The van der Waals surface area contributed by atoms with Crippen molar-refractivity contribution in [2.75, 3.05) is 19.6 Å². The molecular weight excluding hydrogens is 322 g/mol. The maximum atomic E-state index is 12.9. The van der Waals surface area contributed by atoms with Gasteiger partial charge in [0.2, 0.25) is 10.0 Å². The van der Waals surface area contributed by atoms with Gasteiger partial charge in [0.1, 0.15) is 0 Å². The molecule has 1 aromatic heterocycles. The Kier molecular flexibility index (Phi) is 5.07. The number of fused-ring (bicyclic) bond motifs is 1. The van der Waals surface area contributed by atoms with Crippen LogP contribution in [0.5, 0.6) is 0 Å². The molecule has 1 saturated heterocycles. The van der Waals surface area contributed by atoms with E-state index in [1.807, 2.05) is 19.1 Å². The lowest BCUT2D eigenvalue weighted by molar-refractivity contribution is 0.459. The first kappa shape index (κ1) is 17.1. The van der Waals surface area contributed by atoms with Gasteiger partial charge in [0.15, 0.2) is 0 Å². The summed E-state index contributed by atoms with van der Waals surface area (Å²) in [4.78, 5) is 4.65. The molecular formula is C15H20ClN3O2S. The summed E-state index contributed by atoms with van der Waals surface area (Å²) >= 11 is 0. The van der Waals surface area contributed by atoms with E-state index in [1.165, 1.54) is 0 Å². The number of pyridine rings is 1.